The maximum atomic E-state index is 4.35. The molecule has 10 heavy (non-hydrogen) atoms. The fourth-order valence-corrected chi connectivity index (χ4v) is 1.25. The van der Waals surface area contributed by atoms with Crippen molar-refractivity contribution in [2.24, 2.45) is 5.92 Å². The average molecular weight is 154 g/mol. The van der Waals surface area contributed by atoms with Crippen molar-refractivity contribution >= 4 is 12.6 Å². The third-order valence-corrected chi connectivity index (χ3v) is 2.12. The zero-order valence-electron chi connectivity index (χ0n) is 6.54. The second kappa shape index (κ2) is 3.29. The molecule has 0 radical (unpaired) electrons. The van der Waals surface area contributed by atoms with Gasteiger partial charge in [0.25, 0.3) is 0 Å². The van der Waals surface area contributed by atoms with Crippen molar-refractivity contribution in [3.63, 3.8) is 0 Å². The maximum absolute atomic E-state index is 4.35. The summed E-state index contributed by atoms with van der Waals surface area (Å²) in [6.45, 7) is 4.34. The van der Waals surface area contributed by atoms with Crippen LogP contribution in [0, 0.1) is 5.92 Å². The summed E-state index contributed by atoms with van der Waals surface area (Å²) < 4.78 is 0. The number of rotatable bonds is 1. The highest BCUT2D eigenvalue weighted by molar-refractivity contribution is 7.81. The second-order valence-electron chi connectivity index (χ2n) is 2.95. The fourth-order valence-electron chi connectivity index (χ4n) is 1.05. The van der Waals surface area contributed by atoms with E-state index in [1.165, 1.54) is 12.0 Å². The van der Waals surface area contributed by atoms with Gasteiger partial charge in [0.2, 0.25) is 0 Å². The molecule has 0 saturated carbocycles. The lowest BCUT2D eigenvalue weighted by Gasteiger charge is -2.13. The molecule has 0 amide bonds. The molecule has 1 aliphatic carbocycles. The standard InChI is InChI=1S/C9H14S/c1-7-3-5-9(6-4-7)8(2)10/h3,5-8,10H,4H2,1-2H3. The zero-order valence-corrected chi connectivity index (χ0v) is 7.44. The average Bonchev–Trinajstić information content (AvgIpc) is 1.88. The molecule has 1 rings (SSSR count). The monoisotopic (exact) mass is 154 g/mol. The van der Waals surface area contributed by atoms with Crippen LogP contribution >= 0.6 is 12.6 Å². The molecule has 0 aromatic rings. The van der Waals surface area contributed by atoms with E-state index < -0.39 is 0 Å². The number of hydrogen-bond donors (Lipinski definition) is 1. The number of allylic oxidation sites excluding steroid dienone is 3. The zero-order chi connectivity index (χ0) is 7.56. The highest BCUT2D eigenvalue weighted by atomic mass is 32.1. The SMILES string of the molecule is CC1C=CC(C(C)S)=CC1. The van der Waals surface area contributed by atoms with Gasteiger partial charge in [-0.05, 0) is 24.8 Å². The Kier molecular flexibility index (Phi) is 2.61. The van der Waals surface area contributed by atoms with Gasteiger partial charge in [-0.1, -0.05) is 25.2 Å². The number of hydrogen-bond acceptors (Lipinski definition) is 1. The molecule has 0 fully saturated rings. The van der Waals surface area contributed by atoms with Crippen molar-refractivity contribution in [1.29, 1.82) is 0 Å². The minimum Gasteiger partial charge on any atom is -0.171 e. The van der Waals surface area contributed by atoms with Gasteiger partial charge in [-0.15, -0.1) is 0 Å². The predicted octanol–water partition coefficient (Wildman–Crippen LogP) is 2.83. The summed E-state index contributed by atoms with van der Waals surface area (Å²) in [5.74, 6) is 0.718. The van der Waals surface area contributed by atoms with Crippen molar-refractivity contribution in [3.8, 4) is 0 Å². The third-order valence-electron chi connectivity index (χ3n) is 1.82. The molecular formula is C9H14S. The van der Waals surface area contributed by atoms with Crippen LogP contribution in [0.15, 0.2) is 23.8 Å². The van der Waals surface area contributed by atoms with Crippen molar-refractivity contribution in [1.82, 2.24) is 0 Å². The van der Waals surface area contributed by atoms with Crippen LogP contribution < -0.4 is 0 Å². The summed E-state index contributed by atoms with van der Waals surface area (Å²) in [6, 6.07) is 0. The van der Waals surface area contributed by atoms with Gasteiger partial charge in [0.1, 0.15) is 0 Å². The Hall–Kier alpha value is -0.170. The minimum atomic E-state index is 0.392. The van der Waals surface area contributed by atoms with E-state index >= 15 is 0 Å². The van der Waals surface area contributed by atoms with Gasteiger partial charge >= 0.3 is 0 Å². The Morgan fingerprint density at radius 2 is 2.40 bits per heavy atom. The molecule has 0 aromatic heterocycles. The summed E-state index contributed by atoms with van der Waals surface area (Å²) in [5.41, 5.74) is 1.36. The Balaban J connectivity index is 2.59. The van der Waals surface area contributed by atoms with E-state index in [0.717, 1.165) is 5.92 Å². The van der Waals surface area contributed by atoms with Crippen LogP contribution in [0.2, 0.25) is 0 Å². The van der Waals surface area contributed by atoms with Crippen LogP contribution in [0.3, 0.4) is 0 Å². The summed E-state index contributed by atoms with van der Waals surface area (Å²) in [4.78, 5) is 0. The third kappa shape index (κ3) is 1.91. The highest BCUT2D eigenvalue weighted by Crippen LogP contribution is 2.19. The van der Waals surface area contributed by atoms with Crippen LogP contribution in [-0.4, -0.2) is 5.25 Å². The summed E-state index contributed by atoms with van der Waals surface area (Å²) >= 11 is 4.35. The van der Waals surface area contributed by atoms with Crippen LogP contribution in [0.5, 0.6) is 0 Å². The van der Waals surface area contributed by atoms with Crippen LogP contribution in [0.1, 0.15) is 20.3 Å². The quantitative estimate of drug-likeness (QED) is 0.552. The number of thiol groups is 1. The topological polar surface area (TPSA) is 0 Å². The molecule has 0 bridgehead atoms. The van der Waals surface area contributed by atoms with Gasteiger partial charge in [0.15, 0.2) is 0 Å². The van der Waals surface area contributed by atoms with E-state index in [1.807, 2.05) is 0 Å². The first kappa shape index (κ1) is 7.93. The van der Waals surface area contributed by atoms with E-state index in [0.29, 0.717) is 5.25 Å². The molecule has 0 spiro atoms. The lowest BCUT2D eigenvalue weighted by Crippen LogP contribution is -2.01. The van der Waals surface area contributed by atoms with Crippen molar-refractivity contribution in [3.05, 3.63) is 23.8 Å². The Labute approximate surface area is 68.4 Å². The lowest BCUT2D eigenvalue weighted by molar-refractivity contribution is 0.728. The van der Waals surface area contributed by atoms with E-state index in [1.54, 1.807) is 0 Å². The molecule has 2 atom stereocenters. The van der Waals surface area contributed by atoms with E-state index in [4.69, 9.17) is 0 Å². The summed E-state index contributed by atoms with van der Waals surface area (Å²) in [5, 5.41) is 0.392. The Morgan fingerprint density at radius 3 is 2.80 bits per heavy atom. The molecule has 0 heterocycles. The minimum absolute atomic E-state index is 0.392. The van der Waals surface area contributed by atoms with E-state index in [2.05, 4.69) is 44.7 Å². The Morgan fingerprint density at radius 1 is 1.70 bits per heavy atom. The highest BCUT2D eigenvalue weighted by Gasteiger charge is 2.05. The lowest BCUT2D eigenvalue weighted by atomic mass is 9.97. The largest absolute Gasteiger partial charge is 0.171 e. The predicted molar refractivity (Wildman–Crippen MR) is 49.5 cm³/mol. The van der Waals surface area contributed by atoms with E-state index in [-0.39, 0.29) is 0 Å². The van der Waals surface area contributed by atoms with Crippen molar-refractivity contribution in [2.45, 2.75) is 25.5 Å². The first-order valence-corrected chi connectivity index (χ1v) is 4.28. The van der Waals surface area contributed by atoms with Crippen molar-refractivity contribution in [2.75, 3.05) is 0 Å². The smallest absolute Gasteiger partial charge is 0.0235 e. The molecule has 0 nitrogen and oxygen atoms in total. The van der Waals surface area contributed by atoms with Gasteiger partial charge in [0.05, 0.1) is 0 Å². The molecule has 56 valence electrons. The molecule has 0 saturated heterocycles. The van der Waals surface area contributed by atoms with Gasteiger partial charge < -0.3 is 0 Å². The molecule has 1 heteroatoms. The van der Waals surface area contributed by atoms with Crippen LogP contribution in [0.4, 0.5) is 0 Å². The normalized spacial score (nSPS) is 27.9. The molecule has 0 N–H and O–H groups in total. The fraction of sp³-hybridized carbons (Fsp3) is 0.556. The summed E-state index contributed by atoms with van der Waals surface area (Å²) in [6.07, 6.45) is 7.90. The first-order valence-electron chi connectivity index (χ1n) is 3.76. The first-order chi connectivity index (χ1) is 4.70. The molecular weight excluding hydrogens is 140 g/mol. The molecule has 1 aliphatic rings. The molecule has 0 aromatic carbocycles. The maximum Gasteiger partial charge on any atom is 0.0235 e. The van der Waals surface area contributed by atoms with Crippen molar-refractivity contribution < 1.29 is 0 Å². The van der Waals surface area contributed by atoms with Crippen LogP contribution in [0.25, 0.3) is 0 Å². The summed E-state index contributed by atoms with van der Waals surface area (Å²) in [7, 11) is 0. The Bertz CT molecular complexity index is 166. The van der Waals surface area contributed by atoms with Gasteiger partial charge in [-0.3, -0.25) is 0 Å². The molecule has 0 aliphatic heterocycles. The molecule has 2 unspecified atom stereocenters. The second-order valence-corrected chi connectivity index (χ2v) is 3.73. The van der Waals surface area contributed by atoms with Gasteiger partial charge in [0, 0.05) is 5.25 Å². The van der Waals surface area contributed by atoms with Gasteiger partial charge in [-0.25, -0.2) is 0 Å². The van der Waals surface area contributed by atoms with E-state index in [9.17, 15) is 0 Å². The van der Waals surface area contributed by atoms with Crippen LogP contribution in [-0.2, 0) is 0 Å². The van der Waals surface area contributed by atoms with Gasteiger partial charge in [-0.2, -0.15) is 12.6 Å².